The summed E-state index contributed by atoms with van der Waals surface area (Å²) < 4.78 is 28.2. The maximum atomic E-state index is 12.8. The van der Waals surface area contributed by atoms with E-state index in [9.17, 15) is 13.2 Å². The lowest BCUT2D eigenvalue weighted by Gasteiger charge is -2.32. The van der Waals surface area contributed by atoms with Gasteiger partial charge in [-0.2, -0.15) is 0 Å². The number of rotatable bonds is 4. The molecule has 0 saturated carbocycles. The molecule has 0 spiro atoms. The van der Waals surface area contributed by atoms with Gasteiger partial charge in [-0.1, -0.05) is 26.0 Å². The first-order valence-electron chi connectivity index (χ1n) is 8.50. The Morgan fingerprint density at radius 2 is 2.04 bits per heavy atom. The van der Waals surface area contributed by atoms with Crippen LogP contribution >= 0.6 is 11.8 Å². The number of benzene rings is 2. The molecule has 0 radical (unpaired) electrons. The summed E-state index contributed by atoms with van der Waals surface area (Å²) in [6, 6.07) is 12.3. The summed E-state index contributed by atoms with van der Waals surface area (Å²) in [5.41, 5.74) is 2.25. The van der Waals surface area contributed by atoms with E-state index in [-0.39, 0.29) is 16.1 Å². The average molecular weight is 391 g/mol. The smallest absolute Gasteiger partial charge is 0.261 e. The van der Waals surface area contributed by atoms with Crippen molar-refractivity contribution < 1.29 is 13.2 Å². The highest BCUT2D eigenvalue weighted by Gasteiger charge is 2.27. The van der Waals surface area contributed by atoms with E-state index in [4.69, 9.17) is 0 Å². The van der Waals surface area contributed by atoms with Gasteiger partial charge in [-0.25, -0.2) is 8.42 Å². The van der Waals surface area contributed by atoms with Gasteiger partial charge in [0.25, 0.3) is 10.0 Å². The third-order valence-electron chi connectivity index (χ3n) is 4.27. The van der Waals surface area contributed by atoms with Crippen LogP contribution in [0.3, 0.4) is 0 Å². The van der Waals surface area contributed by atoms with E-state index in [1.807, 2.05) is 25.1 Å². The second kappa shape index (κ2) is 7.32. The fourth-order valence-electron chi connectivity index (χ4n) is 2.95. The van der Waals surface area contributed by atoms with Gasteiger partial charge in [0.1, 0.15) is 0 Å². The molecule has 0 saturated heterocycles. The zero-order valence-corrected chi connectivity index (χ0v) is 16.7. The highest BCUT2D eigenvalue weighted by atomic mass is 32.2. The van der Waals surface area contributed by atoms with Crippen LogP contribution in [0.1, 0.15) is 26.3 Å². The van der Waals surface area contributed by atoms with Gasteiger partial charge in [0.2, 0.25) is 5.91 Å². The maximum absolute atomic E-state index is 12.8. The van der Waals surface area contributed by atoms with Crippen LogP contribution in [-0.2, 0) is 21.2 Å². The number of amides is 1. The molecule has 0 aliphatic carbocycles. The fourth-order valence-corrected chi connectivity index (χ4v) is 5.11. The summed E-state index contributed by atoms with van der Waals surface area (Å²) in [5, 5.41) is 0.267. The largest absolute Gasteiger partial charge is 0.310 e. The van der Waals surface area contributed by atoms with E-state index in [1.165, 1.54) is 6.92 Å². The summed E-state index contributed by atoms with van der Waals surface area (Å²) in [4.78, 5) is 14.7. The highest BCUT2D eigenvalue weighted by molar-refractivity contribution is 8.00. The van der Waals surface area contributed by atoms with E-state index in [0.29, 0.717) is 17.9 Å². The number of carbonyl (C=O) groups excluding carboxylic acids is 1. The molecule has 0 aromatic heterocycles. The second-order valence-corrected chi connectivity index (χ2v) is 9.51. The molecule has 1 aliphatic heterocycles. The van der Waals surface area contributed by atoms with Crippen LogP contribution in [0.25, 0.3) is 0 Å². The Labute approximate surface area is 158 Å². The molecule has 26 heavy (non-hydrogen) atoms. The zero-order chi connectivity index (χ0) is 18.9. The van der Waals surface area contributed by atoms with Crippen molar-refractivity contribution in [1.82, 2.24) is 0 Å². The monoisotopic (exact) mass is 390 g/mol. The van der Waals surface area contributed by atoms with Crippen molar-refractivity contribution in [1.29, 1.82) is 0 Å². The van der Waals surface area contributed by atoms with Crippen LogP contribution in [0, 0.1) is 0 Å². The lowest BCUT2D eigenvalue weighted by atomic mass is 10.1. The third-order valence-corrected chi connectivity index (χ3v) is 6.80. The Hall–Kier alpha value is -1.99. The number of fused-ring (bicyclic) bond motifs is 1. The molecule has 5 nitrogen and oxygen atoms in total. The number of nitrogens with zero attached hydrogens (tertiary/aromatic N) is 1. The van der Waals surface area contributed by atoms with Crippen molar-refractivity contribution in [2.75, 3.05) is 16.2 Å². The summed E-state index contributed by atoms with van der Waals surface area (Å²) in [5.74, 6) is -0.0865. The predicted molar refractivity (Wildman–Crippen MR) is 106 cm³/mol. The Morgan fingerprint density at radius 3 is 2.73 bits per heavy atom. The van der Waals surface area contributed by atoms with Gasteiger partial charge in [-0.15, -0.1) is 11.8 Å². The van der Waals surface area contributed by atoms with E-state index in [2.05, 4.69) is 11.6 Å². The van der Waals surface area contributed by atoms with Crippen LogP contribution in [0.5, 0.6) is 0 Å². The van der Waals surface area contributed by atoms with Crippen LogP contribution in [-0.4, -0.2) is 26.1 Å². The first kappa shape index (κ1) is 18.8. The number of anilines is 2. The number of thioether (sulfide) groups is 1. The first-order valence-corrected chi connectivity index (χ1v) is 10.9. The van der Waals surface area contributed by atoms with E-state index in [1.54, 1.807) is 40.9 Å². The predicted octanol–water partition coefficient (Wildman–Crippen LogP) is 3.90. The Morgan fingerprint density at radius 1 is 1.27 bits per heavy atom. The minimum atomic E-state index is -3.73. The number of sulfonamides is 1. The molecule has 1 atom stereocenters. The van der Waals surface area contributed by atoms with E-state index < -0.39 is 10.0 Å². The summed E-state index contributed by atoms with van der Waals surface area (Å²) >= 11 is 1.65. The number of hydrogen-bond donors (Lipinski definition) is 1. The lowest BCUT2D eigenvalue weighted by Crippen LogP contribution is -2.37. The standard InChI is InChI=1S/C19H22N2O3S2/c1-4-15-6-5-7-16(10-15)20-26(23,24)17-8-9-19-18(11-17)21(14(3)22)12-13(2)25-19/h5-11,13,20H,4,12H2,1-3H3/t13-/m0/s1. The second-order valence-electron chi connectivity index (χ2n) is 6.35. The fraction of sp³-hybridized carbons (Fsp3) is 0.316. The average Bonchev–Trinajstić information content (AvgIpc) is 2.60. The molecule has 7 heteroatoms. The molecule has 1 N–H and O–H groups in total. The molecular formula is C19H22N2O3S2. The van der Waals surface area contributed by atoms with Gasteiger partial charge < -0.3 is 4.90 Å². The van der Waals surface area contributed by atoms with E-state index >= 15 is 0 Å². The Balaban J connectivity index is 1.96. The van der Waals surface area contributed by atoms with Gasteiger partial charge in [0.05, 0.1) is 10.6 Å². The minimum Gasteiger partial charge on any atom is -0.310 e. The highest BCUT2D eigenvalue weighted by Crippen LogP contribution is 2.39. The van der Waals surface area contributed by atoms with Gasteiger partial charge in [0, 0.05) is 29.3 Å². The molecule has 0 unspecified atom stereocenters. The third kappa shape index (κ3) is 3.88. The number of carbonyl (C=O) groups is 1. The van der Waals surface area contributed by atoms with Crippen LogP contribution in [0.2, 0.25) is 0 Å². The number of hydrogen-bond acceptors (Lipinski definition) is 4. The molecule has 1 heterocycles. The van der Waals surface area contributed by atoms with Gasteiger partial charge in [-0.3, -0.25) is 9.52 Å². The summed E-state index contributed by atoms with van der Waals surface area (Å²) in [6.07, 6.45) is 0.831. The maximum Gasteiger partial charge on any atom is 0.261 e. The van der Waals surface area contributed by atoms with Crippen LogP contribution in [0.15, 0.2) is 52.3 Å². The molecule has 1 aliphatic rings. The Kier molecular flexibility index (Phi) is 5.29. The van der Waals surface area contributed by atoms with Crippen LogP contribution < -0.4 is 9.62 Å². The van der Waals surface area contributed by atoms with Gasteiger partial charge in [0.15, 0.2) is 0 Å². The zero-order valence-electron chi connectivity index (χ0n) is 15.0. The van der Waals surface area contributed by atoms with Crippen molar-refractivity contribution in [3.8, 4) is 0 Å². The summed E-state index contributed by atoms with van der Waals surface area (Å²) in [7, 11) is -3.73. The van der Waals surface area contributed by atoms with Crippen molar-refractivity contribution >= 4 is 39.1 Å². The number of nitrogens with one attached hydrogen (secondary N) is 1. The number of aryl methyl sites for hydroxylation is 1. The van der Waals surface area contributed by atoms with Crippen molar-refractivity contribution in [3.05, 3.63) is 48.0 Å². The summed E-state index contributed by atoms with van der Waals surface area (Å²) in [6.45, 7) is 6.15. The lowest BCUT2D eigenvalue weighted by molar-refractivity contribution is -0.116. The van der Waals surface area contributed by atoms with Crippen molar-refractivity contribution in [3.63, 3.8) is 0 Å². The topological polar surface area (TPSA) is 66.5 Å². The molecule has 3 rings (SSSR count). The molecule has 2 aromatic rings. The first-order chi connectivity index (χ1) is 12.3. The normalized spacial score (nSPS) is 16.9. The van der Waals surface area contributed by atoms with Crippen molar-refractivity contribution in [2.45, 2.75) is 42.2 Å². The molecule has 2 aromatic carbocycles. The molecule has 0 fully saturated rings. The molecule has 138 valence electrons. The molecular weight excluding hydrogens is 368 g/mol. The molecule has 1 amide bonds. The Bertz CT molecular complexity index is 942. The van der Waals surface area contributed by atoms with E-state index in [0.717, 1.165) is 16.9 Å². The quantitative estimate of drug-likeness (QED) is 0.860. The van der Waals surface area contributed by atoms with Gasteiger partial charge >= 0.3 is 0 Å². The SMILES string of the molecule is CCc1cccc(NS(=O)(=O)c2ccc3c(c2)N(C(C)=O)C[C@H](C)S3)c1. The minimum absolute atomic E-state index is 0.0865. The molecule has 0 bridgehead atoms. The van der Waals surface area contributed by atoms with Gasteiger partial charge in [-0.05, 0) is 42.3 Å². The van der Waals surface area contributed by atoms with Crippen molar-refractivity contribution in [2.24, 2.45) is 0 Å². The van der Waals surface area contributed by atoms with Crippen LogP contribution in [0.4, 0.5) is 11.4 Å².